The van der Waals surface area contributed by atoms with Gasteiger partial charge < -0.3 is 20.9 Å². The van der Waals surface area contributed by atoms with Gasteiger partial charge in [-0.25, -0.2) is 0 Å². The van der Waals surface area contributed by atoms with Gasteiger partial charge in [0.1, 0.15) is 5.75 Å². The molecule has 6 rings (SSSR count). The molecule has 4 atom stereocenters. The number of likely N-dealkylation sites (tertiary alicyclic amines) is 1. The van der Waals surface area contributed by atoms with Crippen molar-refractivity contribution < 1.29 is 29.0 Å². The fourth-order valence-electron chi connectivity index (χ4n) is 7.25. The maximum atomic E-state index is 13.3. The molecule has 39 heavy (non-hydrogen) atoms. The molecule has 2 fully saturated rings. The summed E-state index contributed by atoms with van der Waals surface area (Å²) < 4.78 is 6.28. The third kappa shape index (κ3) is 3.48. The number of aliphatic hydroxyl groups is 1. The predicted octanol–water partition coefficient (Wildman–Crippen LogP) is 0.194. The normalized spacial score (nSPS) is 28.5. The highest BCUT2D eigenvalue weighted by molar-refractivity contribution is 6.21. The number of imide groups is 1. The number of ketones is 1. The lowest BCUT2D eigenvalue weighted by molar-refractivity contribution is -0.147. The number of likely N-dealkylation sites (N-methyl/N-ethyl adjacent to an activating group) is 1. The van der Waals surface area contributed by atoms with Crippen LogP contribution >= 0.6 is 0 Å². The Labute approximate surface area is 225 Å². The molecule has 2 bridgehead atoms. The maximum absolute atomic E-state index is 13.3. The lowest BCUT2D eigenvalue weighted by atomic mass is 9.54. The number of nitrogens with two attached hydrogens (primary N) is 1. The zero-order chi connectivity index (χ0) is 27.5. The van der Waals surface area contributed by atoms with Gasteiger partial charge in [-0.15, -0.1) is 0 Å². The Kier molecular flexibility index (Phi) is 5.85. The minimum atomic E-state index is -1.06. The van der Waals surface area contributed by atoms with Crippen LogP contribution in [0.25, 0.3) is 5.57 Å². The molecule has 5 N–H and O–H groups in total. The number of ether oxygens (including phenoxy) is 1. The number of amides is 3. The summed E-state index contributed by atoms with van der Waals surface area (Å²) in [4.78, 5) is 51.0. The standard InChI is InChI=1S/C29H30N4O6/c1-33-14-28-23-18-6-7-19(24(23)39-25(28)21(35)8-10-29(28,38)22(33)12-18)26(36)31-11-9-16-2-4-17(5-3-16)20(13-30)27(37)32-15-34/h2-7,13,15,22,25,38H,8-12,14,30H2,1H3,(H,31,36)(H,32,34,37)/b20-13-/t22-,25+,28?,29-/m1/s1. The quantitative estimate of drug-likeness (QED) is 0.293. The van der Waals surface area contributed by atoms with Crippen molar-refractivity contribution in [3.05, 3.63) is 70.4 Å². The van der Waals surface area contributed by atoms with Crippen LogP contribution in [0.2, 0.25) is 0 Å². The molecule has 0 radical (unpaired) electrons. The Morgan fingerprint density at radius 1 is 1.23 bits per heavy atom. The molecule has 4 aliphatic rings. The molecule has 202 valence electrons. The van der Waals surface area contributed by atoms with Crippen molar-refractivity contribution in [2.24, 2.45) is 5.73 Å². The van der Waals surface area contributed by atoms with Crippen molar-refractivity contribution in [3.63, 3.8) is 0 Å². The van der Waals surface area contributed by atoms with Gasteiger partial charge in [0, 0.05) is 37.3 Å². The topological polar surface area (TPSA) is 151 Å². The predicted molar refractivity (Wildman–Crippen MR) is 141 cm³/mol. The van der Waals surface area contributed by atoms with Crippen LogP contribution in [0, 0.1) is 0 Å². The molecule has 1 saturated carbocycles. The second-order valence-corrected chi connectivity index (χ2v) is 10.8. The Hall–Kier alpha value is -4.02. The Morgan fingerprint density at radius 2 is 2.00 bits per heavy atom. The molecule has 2 aromatic rings. The number of nitrogens with zero attached hydrogens (tertiary/aromatic N) is 1. The molecule has 3 amide bonds. The van der Waals surface area contributed by atoms with E-state index < -0.39 is 23.0 Å². The van der Waals surface area contributed by atoms with E-state index in [1.807, 2.05) is 25.2 Å². The lowest BCUT2D eigenvalue weighted by Gasteiger charge is -2.50. The summed E-state index contributed by atoms with van der Waals surface area (Å²) in [6.45, 7) is 0.867. The molecule has 1 saturated heterocycles. The summed E-state index contributed by atoms with van der Waals surface area (Å²) in [5, 5.41) is 16.9. The lowest BCUT2D eigenvalue weighted by Crippen LogP contribution is -2.66. The van der Waals surface area contributed by atoms with Crippen molar-refractivity contribution in [1.29, 1.82) is 0 Å². The van der Waals surface area contributed by atoms with E-state index in [4.69, 9.17) is 10.5 Å². The highest BCUT2D eigenvalue weighted by Crippen LogP contribution is 2.63. The van der Waals surface area contributed by atoms with Crippen LogP contribution in [0.4, 0.5) is 0 Å². The number of rotatable bonds is 7. The third-order valence-corrected chi connectivity index (χ3v) is 9.00. The summed E-state index contributed by atoms with van der Waals surface area (Å²) in [5.41, 5.74) is 7.54. The number of Topliss-reactive ketones (excluding diaryl/α,β-unsaturated/α-hetero) is 1. The zero-order valence-corrected chi connectivity index (χ0v) is 21.5. The average Bonchev–Trinajstić information content (AvgIpc) is 3.33. The summed E-state index contributed by atoms with van der Waals surface area (Å²) >= 11 is 0. The summed E-state index contributed by atoms with van der Waals surface area (Å²) in [6.07, 6.45) is 2.51. The first-order valence-corrected chi connectivity index (χ1v) is 13.1. The van der Waals surface area contributed by atoms with Crippen molar-refractivity contribution in [2.75, 3.05) is 20.1 Å². The van der Waals surface area contributed by atoms with Crippen molar-refractivity contribution >= 4 is 29.6 Å². The van der Waals surface area contributed by atoms with E-state index in [9.17, 15) is 24.3 Å². The van der Waals surface area contributed by atoms with Gasteiger partial charge in [0.05, 0.1) is 22.2 Å². The monoisotopic (exact) mass is 530 g/mol. The second-order valence-electron chi connectivity index (χ2n) is 10.8. The van der Waals surface area contributed by atoms with E-state index in [2.05, 4.69) is 15.5 Å². The fourth-order valence-corrected chi connectivity index (χ4v) is 7.25. The molecule has 2 aliphatic heterocycles. The van der Waals surface area contributed by atoms with Gasteiger partial charge in [0.2, 0.25) is 6.41 Å². The molecule has 1 spiro atoms. The SMILES string of the molecule is CN1CC23c4c5ccc(C(=O)NCCc6ccc(/C(=C/N)C(=O)NC=O)cc6)c4O[C@H]2C(=O)CC[C@@]3(O)[C@H]1C5. The van der Waals surface area contributed by atoms with E-state index in [1.165, 1.54) is 0 Å². The number of hydrogen-bond acceptors (Lipinski definition) is 8. The number of hydrogen-bond donors (Lipinski definition) is 4. The van der Waals surface area contributed by atoms with Gasteiger partial charge in [-0.05, 0) is 49.1 Å². The molecule has 2 heterocycles. The van der Waals surface area contributed by atoms with E-state index >= 15 is 0 Å². The number of carbonyl (C=O) groups excluding carboxylic acids is 4. The molecule has 10 nitrogen and oxygen atoms in total. The highest BCUT2D eigenvalue weighted by Gasteiger charge is 2.75. The van der Waals surface area contributed by atoms with Gasteiger partial charge in [0.15, 0.2) is 11.9 Å². The van der Waals surface area contributed by atoms with Crippen LogP contribution < -0.4 is 21.1 Å². The van der Waals surface area contributed by atoms with Crippen LogP contribution in [0.3, 0.4) is 0 Å². The third-order valence-electron chi connectivity index (χ3n) is 9.00. The molecule has 2 aliphatic carbocycles. The number of benzene rings is 2. The molecule has 0 aromatic heterocycles. The van der Waals surface area contributed by atoms with Crippen LogP contribution in [0.15, 0.2) is 42.6 Å². The minimum absolute atomic E-state index is 0.0242. The molecular formula is C29H30N4O6. The fraction of sp³-hybridized carbons (Fsp3) is 0.379. The van der Waals surface area contributed by atoms with Crippen LogP contribution in [0.5, 0.6) is 5.75 Å². The molecular weight excluding hydrogens is 500 g/mol. The molecule has 2 aromatic carbocycles. The summed E-state index contributed by atoms with van der Waals surface area (Å²) in [7, 11) is 1.98. The largest absolute Gasteiger partial charge is 0.480 e. The van der Waals surface area contributed by atoms with E-state index in [0.29, 0.717) is 55.6 Å². The van der Waals surface area contributed by atoms with Gasteiger partial charge in [-0.1, -0.05) is 30.3 Å². The van der Waals surface area contributed by atoms with E-state index in [1.54, 1.807) is 18.2 Å². The van der Waals surface area contributed by atoms with Crippen LogP contribution in [-0.2, 0) is 32.6 Å². The number of carbonyl (C=O) groups is 4. The van der Waals surface area contributed by atoms with E-state index in [0.717, 1.165) is 22.9 Å². The summed E-state index contributed by atoms with van der Waals surface area (Å²) in [5.74, 6) is -0.490. The van der Waals surface area contributed by atoms with Gasteiger partial charge >= 0.3 is 0 Å². The second kappa shape index (κ2) is 9.03. The van der Waals surface area contributed by atoms with Gasteiger partial charge in [-0.2, -0.15) is 0 Å². The Morgan fingerprint density at radius 3 is 2.72 bits per heavy atom. The summed E-state index contributed by atoms with van der Waals surface area (Å²) in [6, 6.07) is 10.7. The Bertz CT molecular complexity index is 1440. The molecule has 10 heteroatoms. The first-order chi connectivity index (χ1) is 18.7. The first-order valence-electron chi connectivity index (χ1n) is 13.1. The van der Waals surface area contributed by atoms with Crippen molar-refractivity contribution in [1.82, 2.24) is 15.5 Å². The average molecular weight is 531 g/mol. The zero-order valence-electron chi connectivity index (χ0n) is 21.5. The maximum Gasteiger partial charge on any atom is 0.259 e. The smallest absolute Gasteiger partial charge is 0.259 e. The van der Waals surface area contributed by atoms with Gasteiger partial charge in [-0.3, -0.25) is 29.4 Å². The van der Waals surface area contributed by atoms with Crippen LogP contribution in [-0.4, -0.2) is 71.9 Å². The number of nitrogens with one attached hydrogen (secondary N) is 2. The Balaban J connectivity index is 1.20. The van der Waals surface area contributed by atoms with Crippen molar-refractivity contribution in [3.8, 4) is 5.75 Å². The highest BCUT2D eigenvalue weighted by atomic mass is 16.5. The molecule has 1 unspecified atom stereocenters. The van der Waals surface area contributed by atoms with Gasteiger partial charge in [0.25, 0.3) is 11.8 Å². The van der Waals surface area contributed by atoms with Crippen LogP contribution in [0.1, 0.15) is 45.5 Å². The minimum Gasteiger partial charge on any atom is -0.480 e. The van der Waals surface area contributed by atoms with E-state index in [-0.39, 0.29) is 29.7 Å². The first kappa shape index (κ1) is 25.3. The van der Waals surface area contributed by atoms with Crippen molar-refractivity contribution in [2.45, 2.75) is 48.8 Å².